The number of rotatable bonds is 10. The first-order valence-corrected chi connectivity index (χ1v) is 12.4. The van der Waals surface area contributed by atoms with Gasteiger partial charge in [0.15, 0.2) is 11.5 Å². The summed E-state index contributed by atoms with van der Waals surface area (Å²) in [6.45, 7) is 4.87. The Morgan fingerprint density at radius 1 is 1.08 bits per heavy atom. The van der Waals surface area contributed by atoms with E-state index in [1.807, 2.05) is 18.2 Å². The van der Waals surface area contributed by atoms with Crippen LogP contribution in [0, 0.1) is 5.41 Å². The lowest BCUT2D eigenvalue weighted by Crippen LogP contribution is -2.53. The molecule has 2 amide bonds. The van der Waals surface area contributed by atoms with E-state index in [4.69, 9.17) is 25.4 Å². The number of amides is 2. The average molecular weight is 561 g/mol. The third-order valence-corrected chi connectivity index (χ3v) is 6.25. The number of carbonyl (C=O) groups is 3. The Morgan fingerprint density at radius 3 is 2.54 bits per heavy atom. The largest absolute Gasteiger partial charge is 0.464 e. The van der Waals surface area contributed by atoms with Crippen LogP contribution >= 0.6 is 12.4 Å². The smallest absolute Gasteiger partial charge is 0.338 e. The summed E-state index contributed by atoms with van der Waals surface area (Å²) < 4.78 is 15.8. The molecule has 0 radical (unpaired) electrons. The molecule has 1 atom stereocenters. The van der Waals surface area contributed by atoms with Gasteiger partial charge in [0.2, 0.25) is 18.7 Å². The summed E-state index contributed by atoms with van der Waals surface area (Å²) in [7, 11) is 0. The molecule has 2 aromatic carbocycles. The molecular weight excluding hydrogens is 528 g/mol. The number of carbonyl (C=O) groups excluding carboxylic acids is 3. The van der Waals surface area contributed by atoms with Gasteiger partial charge in [0.1, 0.15) is 5.84 Å². The second kappa shape index (κ2) is 13.7. The molecule has 0 saturated carbocycles. The van der Waals surface area contributed by atoms with E-state index in [1.165, 1.54) is 0 Å². The first-order valence-electron chi connectivity index (χ1n) is 12.4. The number of anilines is 1. The van der Waals surface area contributed by atoms with Crippen LogP contribution in [-0.4, -0.2) is 85.6 Å². The molecule has 1 saturated heterocycles. The third kappa shape index (κ3) is 7.74. The molecule has 39 heavy (non-hydrogen) atoms. The number of hydrogen-bond acceptors (Lipinski definition) is 9. The van der Waals surface area contributed by atoms with Gasteiger partial charge < -0.3 is 35.5 Å². The van der Waals surface area contributed by atoms with Crippen molar-refractivity contribution in [3.05, 3.63) is 53.6 Å². The molecule has 0 aromatic heterocycles. The number of nitrogens with two attached hydrogens (primary N) is 1. The number of nitrogen functional groups attached to an aromatic ring is 1. The van der Waals surface area contributed by atoms with Crippen molar-refractivity contribution in [1.29, 1.82) is 5.41 Å². The molecular formula is C26H33ClN6O6. The van der Waals surface area contributed by atoms with Crippen LogP contribution in [0.5, 0.6) is 11.5 Å². The van der Waals surface area contributed by atoms with E-state index < -0.39 is 17.9 Å². The molecule has 12 nitrogen and oxygen atoms in total. The van der Waals surface area contributed by atoms with Gasteiger partial charge in [0.05, 0.1) is 13.2 Å². The Hall–Kier alpha value is -4.03. The highest BCUT2D eigenvalue weighted by molar-refractivity contribution is 6.05. The first kappa shape index (κ1) is 29.5. The number of amidine groups is 1. The lowest BCUT2D eigenvalue weighted by molar-refractivity contribution is -0.147. The van der Waals surface area contributed by atoms with Crippen molar-refractivity contribution in [3.8, 4) is 11.5 Å². The Labute approximate surface area is 232 Å². The summed E-state index contributed by atoms with van der Waals surface area (Å²) in [4.78, 5) is 42.1. The van der Waals surface area contributed by atoms with Crippen LogP contribution in [0.2, 0.25) is 0 Å². The summed E-state index contributed by atoms with van der Waals surface area (Å²) in [5.74, 6) is -0.352. The number of benzene rings is 2. The minimum absolute atomic E-state index is 0. The van der Waals surface area contributed by atoms with Crippen molar-refractivity contribution in [2.75, 3.05) is 51.4 Å². The average Bonchev–Trinajstić information content (AvgIpc) is 3.39. The van der Waals surface area contributed by atoms with Crippen LogP contribution in [0.15, 0.2) is 42.5 Å². The van der Waals surface area contributed by atoms with Crippen molar-refractivity contribution in [1.82, 2.24) is 15.1 Å². The van der Waals surface area contributed by atoms with E-state index in [0.29, 0.717) is 37.4 Å². The zero-order chi connectivity index (χ0) is 27.1. The van der Waals surface area contributed by atoms with Crippen LogP contribution < -0.4 is 25.8 Å². The van der Waals surface area contributed by atoms with Crippen LogP contribution in [-0.2, 0) is 25.7 Å². The molecule has 0 spiro atoms. The molecule has 2 aliphatic heterocycles. The molecule has 0 aliphatic carbocycles. The van der Waals surface area contributed by atoms with Gasteiger partial charge in [-0.05, 0) is 36.8 Å². The minimum atomic E-state index is -1.37. The topological polar surface area (TPSA) is 159 Å². The number of piperazine rings is 1. The van der Waals surface area contributed by atoms with Gasteiger partial charge in [-0.15, -0.1) is 12.4 Å². The minimum Gasteiger partial charge on any atom is -0.464 e. The van der Waals surface area contributed by atoms with Crippen molar-refractivity contribution in [3.63, 3.8) is 0 Å². The monoisotopic (exact) mass is 560 g/mol. The number of esters is 1. The quantitative estimate of drug-likeness (QED) is 0.143. The Bertz CT molecular complexity index is 1200. The number of ether oxygens (including phenoxy) is 3. The number of halogens is 1. The van der Waals surface area contributed by atoms with Crippen LogP contribution in [0.3, 0.4) is 0 Å². The molecule has 0 bridgehead atoms. The van der Waals surface area contributed by atoms with Gasteiger partial charge in [0.25, 0.3) is 5.91 Å². The maximum atomic E-state index is 12.9. The zero-order valence-electron chi connectivity index (χ0n) is 21.6. The molecule has 4 rings (SSSR count). The predicted octanol–water partition coefficient (Wildman–Crippen LogP) is 0.925. The summed E-state index contributed by atoms with van der Waals surface area (Å²) >= 11 is 0. The Morgan fingerprint density at radius 2 is 1.82 bits per heavy atom. The highest BCUT2D eigenvalue weighted by atomic mass is 35.5. The maximum absolute atomic E-state index is 12.9. The molecule has 2 aliphatic rings. The fourth-order valence-electron chi connectivity index (χ4n) is 4.23. The van der Waals surface area contributed by atoms with Crippen molar-refractivity contribution in [2.24, 2.45) is 5.73 Å². The van der Waals surface area contributed by atoms with E-state index in [9.17, 15) is 14.4 Å². The Kier molecular flexibility index (Phi) is 10.4. The molecule has 5 N–H and O–H groups in total. The maximum Gasteiger partial charge on any atom is 0.338 e. The number of nitrogens with zero attached hydrogens (tertiary/aromatic N) is 2. The molecule has 1 unspecified atom stereocenters. The van der Waals surface area contributed by atoms with Crippen LogP contribution in [0.4, 0.5) is 5.69 Å². The highest BCUT2D eigenvalue weighted by Gasteiger charge is 2.29. The third-order valence-electron chi connectivity index (χ3n) is 6.25. The number of nitrogens with one attached hydrogen (secondary N) is 3. The standard InChI is InChI=1S/C26H32N6O6.ClH/c1-2-36-26(35)23(30-19-5-3-4-18(13-19)24(27)28)25(34)29-14-22(33)32-10-8-31(9-11-32)15-17-6-7-20-21(12-17)38-16-37-20;/h3-7,12-13,23,30H,2,8-11,14-16H2,1H3,(H3,27,28)(H,29,34);1H. The van der Waals surface area contributed by atoms with E-state index in [2.05, 4.69) is 15.5 Å². The number of hydrogen-bond donors (Lipinski definition) is 4. The fraction of sp³-hybridized carbons (Fsp3) is 0.385. The molecule has 13 heteroatoms. The van der Waals surface area contributed by atoms with Gasteiger partial charge in [-0.25, -0.2) is 4.79 Å². The first-order chi connectivity index (χ1) is 18.3. The molecule has 2 aromatic rings. The van der Waals surface area contributed by atoms with Gasteiger partial charge >= 0.3 is 5.97 Å². The lowest BCUT2D eigenvalue weighted by atomic mass is 10.1. The van der Waals surface area contributed by atoms with Gasteiger partial charge in [0, 0.05) is 44.0 Å². The predicted molar refractivity (Wildman–Crippen MR) is 146 cm³/mol. The summed E-state index contributed by atoms with van der Waals surface area (Å²) in [6, 6.07) is 11.0. The SMILES string of the molecule is CCOC(=O)C(Nc1cccc(C(=N)N)c1)C(=O)NCC(=O)N1CCN(Cc2ccc3c(c2)OCO3)CC1.Cl. The lowest BCUT2D eigenvalue weighted by Gasteiger charge is -2.35. The van der Waals surface area contributed by atoms with Crippen molar-refractivity contribution in [2.45, 2.75) is 19.5 Å². The van der Waals surface area contributed by atoms with Crippen LogP contribution in [0.25, 0.3) is 0 Å². The zero-order valence-corrected chi connectivity index (χ0v) is 22.4. The normalized spacial score (nSPS) is 15.1. The van der Waals surface area contributed by atoms with Gasteiger partial charge in [-0.3, -0.25) is 19.9 Å². The summed E-state index contributed by atoms with van der Waals surface area (Å²) in [6.07, 6.45) is 0. The van der Waals surface area contributed by atoms with Crippen LogP contribution in [0.1, 0.15) is 18.1 Å². The van der Waals surface area contributed by atoms with E-state index in [1.54, 1.807) is 36.1 Å². The van der Waals surface area contributed by atoms with Crippen molar-refractivity contribution >= 4 is 41.7 Å². The second-order valence-corrected chi connectivity index (χ2v) is 8.89. The summed E-state index contributed by atoms with van der Waals surface area (Å²) in [5, 5.41) is 13.0. The van der Waals surface area contributed by atoms with Crippen molar-refractivity contribution < 1.29 is 28.6 Å². The second-order valence-electron chi connectivity index (χ2n) is 8.89. The van der Waals surface area contributed by atoms with E-state index in [-0.39, 0.29) is 44.1 Å². The fourth-order valence-corrected chi connectivity index (χ4v) is 4.23. The molecule has 210 valence electrons. The highest BCUT2D eigenvalue weighted by Crippen LogP contribution is 2.32. The summed E-state index contributed by atoms with van der Waals surface area (Å²) in [5.41, 5.74) is 7.48. The van der Waals surface area contributed by atoms with E-state index >= 15 is 0 Å². The number of fused-ring (bicyclic) bond motifs is 1. The van der Waals surface area contributed by atoms with E-state index in [0.717, 1.165) is 23.6 Å². The molecule has 1 fully saturated rings. The molecule has 2 heterocycles. The van der Waals surface area contributed by atoms with Gasteiger partial charge in [-0.1, -0.05) is 18.2 Å². The Balaban J connectivity index is 0.00000420. The van der Waals surface area contributed by atoms with Gasteiger partial charge in [-0.2, -0.15) is 0 Å².